The number of nitrogens with zero attached hydrogens (tertiary/aromatic N) is 2. The van der Waals surface area contributed by atoms with Crippen LogP contribution in [0.25, 0.3) is 10.2 Å². The summed E-state index contributed by atoms with van der Waals surface area (Å²) in [5.41, 5.74) is 1.95. The molecule has 0 atom stereocenters. The molecule has 0 saturated carbocycles. The molecule has 0 fully saturated rings. The maximum Gasteiger partial charge on any atom is 0.317 e. The van der Waals surface area contributed by atoms with E-state index in [0.717, 1.165) is 20.8 Å². The third-order valence-corrected chi connectivity index (χ3v) is 4.68. The number of hydrogen-bond acceptors (Lipinski definition) is 3. The van der Waals surface area contributed by atoms with Crippen LogP contribution in [0.1, 0.15) is 10.6 Å². The SMILES string of the molecule is CN(Cc1nc2ccccc2s1)C(=O)NCCc1ccc(F)cc1. The van der Waals surface area contributed by atoms with Crippen molar-refractivity contribution in [2.24, 2.45) is 0 Å². The molecule has 4 nitrogen and oxygen atoms in total. The molecule has 0 bridgehead atoms. The maximum absolute atomic E-state index is 12.8. The Labute approximate surface area is 143 Å². The van der Waals surface area contributed by atoms with Gasteiger partial charge in [0, 0.05) is 13.6 Å². The highest BCUT2D eigenvalue weighted by molar-refractivity contribution is 7.18. The van der Waals surface area contributed by atoms with Crippen LogP contribution < -0.4 is 5.32 Å². The fourth-order valence-electron chi connectivity index (χ4n) is 2.36. The van der Waals surface area contributed by atoms with Gasteiger partial charge in [-0.2, -0.15) is 0 Å². The van der Waals surface area contributed by atoms with Gasteiger partial charge in [0.2, 0.25) is 0 Å². The minimum atomic E-state index is -0.252. The molecule has 0 spiro atoms. The van der Waals surface area contributed by atoms with Crippen molar-refractivity contribution < 1.29 is 9.18 Å². The summed E-state index contributed by atoms with van der Waals surface area (Å²) in [5, 5.41) is 3.78. The average molecular weight is 343 g/mol. The molecule has 24 heavy (non-hydrogen) atoms. The zero-order valence-electron chi connectivity index (χ0n) is 13.3. The summed E-state index contributed by atoms with van der Waals surface area (Å²) in [6, 6.07) is 14.1. The lowest BCUT2D eigenvalue weighted by molar-refractivity contribution is 0.207. The third kappa shape index (κ3) is 4.08. The second-order valence-electron chi connectivity index (χ2n) is 5.54. The number of rotatable bonds is 5. The Hall–Kier alpha value is -2.47. The van der Waals surface area contributed by atoms with Gasteiger partial charge in [0.25, 0.3) is 0 Å². The number of hydrogen-bond donors (Lipinski definition) is 1. The molecule has 6 heteroatoms. The molecule has 1 N–H and O–H groups in total. The molecule has 2 amide bonds. The Kier molecular flexibility index (Phi) is 5.05. The molecular weight excluding hydrogens is 325 g/mol. The van der Waals surface area contributed by atoms with Crippen LogP contribution in [0.5, 0.6) is 0 Å². The zero-order chi connectivity index (χ0) is 16.9. The molecule has 2 aromatic carbocycles. The normalized spacial score (nSPS) is 10.8. The van der Waals surface area contributed by atoms with Gasteiger partial charge in [-0.1, -0.05) is 24.3 Å². The Bertz CT molecular complexity index is 799. The number of urea groups is 1. The highest BCUT2D eigenvalue weighted by Crippen LogP contribution is 2.22. The van der Waals surface area contributed by atoms with E-state index in [9.17, 15) is 9.18 Å². The number of amides is 2. The number of carbonyl (C=O) groups excluding carboxylic acids is 1. The lowest BCUT2D eigenvalue weighted by atomic mass is 10.1. The van der Waals surface area contributed by atoms with E-state index in [-0.39, 0.29) is 11.8 Å². The molecule has 1 aromatic heterocycles. The van der Waals surface area contributed by atoms with Crippen LogP contribution in [0.15, 0.2) is 48.5 Å². The number of benzene rings is 2. The van der Waals surface area contributed by atoms with Crippen molar-refractivity contribution in [3.63, 3.8) is 0 Å². The lowest BCUT2D eigenvalue weighted by Crippen LogP contribution is -2.37. The minimum absolute atomic E-state index is 0.142. The molecule has 1 heterocycles. The Morgan fingerprint density at radius 2 is 1.96 bits per heavy atom. The fraction of sp³-hybridized carbons (Fsp3) is 0.222. The van der Waals surface area contributed by atoms with Crippen molar-refractivity contribution in [1.82, 2.24) is 15.2 Å². The van der Waals surface area contributed by atoms with Crippen LogP contribution >= 0.6 is 11.3 Å². The first-order valence-corrected chi connectivity index (χ1v) is 8.51. The van der Waals surface area contributed by atoms with Crippen LogP contribution in [-0.4, -0.2) is 29.5 Å². The molecule has 124 valence electrons. The summed E-state index contributed by atoms with van der Waals surface area (Å²) in [6.45, 7) is 0.983. The Balaban J connectivity index is 1.50. The van der Waals surface area contributed by atoms with E-state index in [4.69, 9.17) is 0 Å². The first-order valence-electron chi connectivity index (χ1n) is 7.69. The summed E-state index contributed by atoms with van der Waals surface area (Å²) in [4.78, 5) is 18.3. The van der Waals surface area contributed by atoms with Crippen molar-refractivity contribution in [2.45, 2.75) is 13.0 Å². The van der Waals surface area contributed by atoms with Crippen LogP contribution in [0, 0.1) is 5.82 Å². The molecule has 0 aliphatic carbocycles. The van der Waals surface area contributed by atoms with Gasteiger partial charge in [-0.25, -0.2) is 14.2 Å². The van der Waals surface area contributed by atoms with Gasteiger partial charge in [0.05, 0.1) is 16.8 Å². The first-order chi connectivity index (χ1) is 11.6. The number of aromatic nitrogens is 1. The predicted molar refractivity (Wildman–Crippen MR) is 94.6 cm³/mol. The van der Waals surface area contributed by atoms with Gasteiger partial charge in [0.15, 0.2) is 0 Å². The Morgan fingerprint density at radius 3 is 2.71 bits per heavy atom. The zero-order valence-corrected chi connectivity index (χ0v) is 14.1. The van der Waals surface area contributed by atoms with Crippen molar-refractivity contribution in [3.8, 4) is 0 Å². The van der Waals surface area contributed by atoms with Crippen LogP contribution in [0.3, 0.4) is 0 Å². The topological polar surface area (TPSA) is 45.2 Å². The number of fused-ring (bicyclic) bond motifs is 1. The fourth-order valence-corrected chi connectivity index (χ4v) is 3.38. The summed E-state index contributed by atoms with van der Waals surface area (Å²) < 4.78 is 14.0. The van der Waals surface area contributed by atoms with E-state index in [1.165, 1.54) is 12.1 Å². The molecule has 3 aromatic rings. The van der Waals surface area contributed by atoms with Crippen molar-refractivity contribution in [1.29, 1.82) is 0 Å². The van der Waals surface area contributed by atoms with Crippen LogP contribution in [0.2, 0.25) is 0 Å². The maximum atomic E-state index is 12.8. The van der Waals surface area contributed by atoms with Gasteiger partial charge in [-0.3, -0.25) is 0 Å². The molecule has 3 rings (SSSR count). The predicted octanol–water partition coefficient (Wildman–Crippen LogP) is 3.82. The van der Waals surface area contributed by atoms with E-state index < -0.39 is 0 Å². The lowest BCUT2D eigenvalue weighted by Gasteiger charge is -2.16. The van der Waals surface area contributed by atoms with Crippen molar-refractivity contribution in [2.75, 3.05) is 13.6 Å². The number of nitrogens with one attached hydrogen (secondary N) is 1. The standard InChI is InChI=1S/C18H18FN3OS/c1-22(12-17-21-15-4-2-3-5-16(15)24-17)18(23)20-11-10-13-6-8-14(19)9-7-13/h2-9H,10-12H2,1H3,(H,20,23). The highest BCUT2D eigenvalue weighted by atomic mass is 32.1. The second kappa shape index (κ2) is 7.40. The highest BCUT2D eigenvalue weighted by Gasteiger charge is 2.11. The number of thiazole rings is 1. The van der Waals surface area contributed by atoms with Gasteiger partial charge in [-0.15, -0.1) is 11.3 Å². The third-order valence-electron chi connectivity index (χ3n) is 3.66. The van der Waals surface area contributed by atoms with E-state index in [0.29, 0.717) is 19.5 Å². The van der Waals surface area contributed by atoms with Crippen LogP contribution in [0.4, 0.5) is 9.18 Å². The van der Waals surface area contributed by atoms with Gasteiger partial charge < -0.3 is 10.2 Å². The van der Waals surface area contributed by atoms with Crippen LogP contribution in [-0.2, 0) is 13.0 Å². The van der Waals surface area contributed by atoms with E-state index >= 15 is 0 Å². The molecule has 0 unspecified atom stereocenters. The monoisotopic (exact) mass is 343 g/mol. The molecule has 0 radical (unpaired) electrons. The van der Waals surface area contributed by atoms with Gasteiger partial charge in [0.1, 0.15) is 10.8 Å². The quantitative estimate of drug-likeness (QED) is 0.765. The molecular formula is C18H18FN3OS. The summed E-state index contributed by atoms with van der Waals surface area (Å²) in [6.07, 6.45) is 0.668. The van der Waals surface area contributed by atoms with Gasteiger partial charge >= 0.3 is 6.03 Å². The van der Waals surface area contributed by atoms with E-state index in [1.54, 1.807) is 35.4 Å². The van der Waals surface area contributed by atoms with E-state index in [1.807, 2.05) is 24.3 Å². The first kappa shape index (κ1) is 16.4. The summed E-state index contributed by atoms with van der Waals surface area (Å²) >= 11 is 1.60. The summed E-state index contributed by atoms with van der Waals surface area (Å²) in [7, 11) is 1.75. The largest absolute Gasteiger partial charge is 0.338 e. The number of carbonyl (C=O) groups is 1. The molecule has 0 aliphatic rings. The number of halogens is 1. The van der Waals surface area contributed by atoms with Crippen molar-refractivity contribution >= 4 is 27.6 Å². The second-order valence-corrected chi connectivity index (χ2v) is 6.65. The molecule has 0 aliphatic heterocycles. The average Bonchev–Trinajstić information content (AvgIpc) is 2.98. The van der Waals surface area contributed by atoms with E-state index in [2.05, 4.69) is 10.3 Å². The summed E-state index contributed by atoms with van der Waals surface area (Å²) in [5.74, 6) is -0.252. The Morgan fingerprint density at radius 1 is 1.21 bits per heavy atom. The smallest absolute Gasteiger partial charge is 0.317 e. The minimum Gasteiger partial charge on any atom is -0.338 e. The van der Waals surface area contributed by atoms with Crippen molar-refractivity contribution in [3.05, 3.63) is 64.9 Å². The van der Waals surface area contributed by atoms with Gasteiger partial charge in [-0.05, 0) is 36.2 Å². The molecule has 0 saturated heterocycles. The number of para-hydroxylation sites is 1.